The minimum absolute atomic E-state index is 0.132. The molecule has 4 heteroatoms. The molecular weight excluding hydrogens is 302 g/mol. The number of hydrogen-bond acceptors (Lipinski definition) is 2. The minimum Gasteiger partial charge on any atom is -0.493 e. The molecule has 0 aromatic heterocycles. The Hall–Kier alpha value is -2.49. The Labute approximate surface area is 142 Å². The summed E-state index contributed by atoms with van der Waals surface area (Å²) >= 11 is 0. The van der Waals surface area contributed by atoms with Crippen LogP contribution in [0.2, 0.25) is 0 Å². The third-order valence-electron chi connectivity index (χ3n) is 4.44. The molecule has 2 N–H and O–H groups in total. The molecule has 1 amide bonds. The van der Waals surface area contributed by atoms with E-state index >= 15 is 0 Å². The van der Waals surface area contributed by atoms with Crippen molar-refractivity contribution in [3.8, 4) is 16.9 Å². The molecule has 3 rings (SSSR count). The molecular formula is C20H23NO3. The molecule has 1 heterocycles. The molecule has 126 valence electrons. The summed E-state index contributed by atoms with van der Waals surface area (Å²) in [5.41, 5.74) is 4.53. The standard InChI is InChI=1S/C20H23NO3/c1-20(2,3)15-7-4-13(5-8-15)14-6-9-16-17(21-19(22)23)10-11-24-18(16)12-14/h4-9,12,17,21H,10-11H2,1-3H3,(H,22,23). The van der Waals surface area contributed by atoms with Crippen molar-refractivity contribution in [3.63, 3.8) is 0 Å². The second kappa shape index (κ2) is 6.19. The second-order valence-corrected chi connectivity index (χ2v) is 7.22. The molecule has 0 fully saturated rings. The first-order valence-electron chi connectivity index (χ1n) is 8.22. The van der Waals surface area contributed by atoms with Gasteiger partial charge in [0.25, 0.3) is 0 Å². The van der Waals surface area contributed by atoms with Gasteiger partial charge in [-0.1, -0.05) is 57.2 Å². The maximum absolute atomic E-state index is 10.9. The summed E-state index contributed by atoms with van der Waals surface area (Å²) in [6, 6.07) is 14.3. The smallest absolute Gasteiger partial charge is 0.405 e. The highest BCUT2D eigenvalue weighted by Gasteiger charge is 2.23. The number of nitrogens with one attached hydrogen (secondary N) is 1. The highest BCUT2D eigenvalue weighted by Crippen LogP contribution is 2.36. The molecule has 24 heavy (non-hydrogen) atoms. The van der Waals surface area contributed by atoms with Crippen LogP contribution in [-0.2, 0) is 5.41 Å². The molecule has 0 bridgehead atoms. The highest BCUT2D eigenvalue weighted by atomic mass is 16.5. The quantitative estimate of drug-likeness (QED) is 0.838. The van der Waals surface area contributed by atoms with Crippen LogP contribution >= 0.6 is 0 Å². The first-order chi connectivity index (χ1) is 11.3. The van der Waals surface area contributed by atoms with E-state index in [9.17, 15) is 4.79 Å². The summed E-state index contributed by atoms with van der Waals surface area (Å²) in [5, 5.41) is 11.5. The van der Waals surface area contributed by atoms with Crippen LogP contribution in [0.3, 0.4) is 0 Å². The zero-order valence-electron chi connectivity index (χ0n) is 14.3. The van der Waals surface area contributed by atoms with Crippen LogP contribution in [0, 0.1) is 0 Å². The van der Waals surface area contributed by atoms with E-state index < -0.39 is 6.09 Å². The summed E-state index contributed by atoms with van der Waals surface area (Å²) in [6.45, 7) is 7.11. The lowest BCUT2D eigenvalue weighted by Crippen LogP contribution is -2.30. The lowest BCUT2D eigenvalue weighted by Gasteiger charge is -2.26. The number of benzene rings is 2. The fraction of sp³-hybridized carbons (Fsp3) is 0.350. The van der Waals surface area contributed by atoms with Crippen molar-refractivity contribution in [2.24, 2.45) is 0 Å². The zero-order valence-corrected chi connectivity index (χ0v) is 14.3. The van der Waals surface area contributed by atoms with Gasteiger partial charge in [0.05, 0.1) is 12.6 Å². The second-order valence-electron chi connectivity index (χ2n) is 7.22. The molecule has 0 saturated heterocycles. The normalized spacial score (nSPS) is 16.9. The van der Waals surface area contributed by atoms with Crippen LogP contribution in [0.4, 0.5) is 4.79 Å². The molecule has 2 aromatic rings. The molecule has 4 nitrogen and oxygen atoms in total. The molecule has 1 unspecified atom stereocenters. The zero-order chi connectivity index (χ0) is 17.3. The van der Waals surface area contributed by atoms with Gasteiger partial charge in [-0.05, 0) is 28.2 Å². The van der Waals surface area contributed by atoms with Crippen LogP contribution in [0.1, 0.15) is 44.4 Å². The van der Waals surface area contributed by atoms with Gasteiger partial charge < -0.3 is 15.2 Å². The fourth-order valence-electron chi connectivity index (χ4n) is 3.03. The van der Waals surface area contributed by atoms with Gasteiger partial charge >= 0.3 is 6.09 Å². The first kappa shape index (κ1) is 16.4. The van der Waals surface area contributed by atoms with E-state index in [1.54, 1.807) is 0 Å². The third kappa shape index (κ3) is 3.37. The van der Waals surface area contributed by atoms with Crippen molar-refractivity contribution in [2.45, 2.75) is 38.6 Å². The molecule has 0 spiro atoms. The van der Waals surface area contributed by atoms with Crippen LogP contribution < -0.4 is 10.1 Å². The van der Waals surface area contributed by atoms with Crippen LogP contribution in [0.25, 0.3) is 11.1 Å². The summed E-state index contributed by atoms with van der Waals surface area (Å²) in [7, 11) is 0. The average Bonchev–Trinajstić information content (AvgIpc) is 2.53. The molecule has 1 aliphatic rings. The predicted octanol–water partition coefficient (Wildman–Crippen LogP) is 4.74. The summed E-state index contributed by atoms with van der Waals surface area (Å²) < 4.78 is 5.74. The van der Waals surface area contributed by atoms with E-state index in [0.717, 1.165) is 22.4 Å². The van der Waals surface area contributed by atoms with Gasteiger partial charge in [0.1, 0.15) is 5.75 Å². The van der Waals surface area contributed by atoms with E-state index in [2.05, 4.69) is 50.4 Å². The van der Waals surface area contributed by atoms with E-state index in [1.807, 2.05) is 18.2 Å². The number of amides is 1. The van der Waals surface area contributed by atoms with Crippen molar-refractivity contribution in [2.75, 3.05) is 6.61 Å². The number of carbonyl (C=O) groups is 1. The summed E-state index contributed by atoms with van der Waals surface area (Å²) in [4.78, 5) is 10.9. The Balaban J connectivity index is 1.90. The maximum atomic E-state index is 10.9. The average molecular weight is 325 g/mol. The molecule has 0 radical (unpaired) electrons. The summed E-state index contributed by atoms with van der Waals surface area (Å²) in [5.74, 6) is 0.761. The first-order valence-corrected chi connectivity index (χ1v) is 8.22. The van der Waals surface area contributed by atoms with Crippen LogP contribution in [0.5, 0.6) is 5.75 Å². The van der Waals surface area contributed by atoms with Crippen molar-refractivity contribution in [1.29, 1.82) is 0 Å². The largest absolute Gasteiger partial charge is 0.493 e. The van der Waals surface area contributed by atoms with Crippen molar-refractivity contribution in [3.05, 3.63) is 53.6 Å². The van der Waals surface area contributed by atoms with E-state index in [1.165, 1.54) is 5.56 Å². The van der Waals surface area contributed by atoms with Gasteiger partial charge in [0.2, 0.25) is 0 Å². The number of fused-ring (bicyclic) bond motifs is 1. The highest BCUT2D eigenvalue weighted by molar-refractivity contribution is 5.68. The monoisotopic (exact) mass is 325 g/mol. The topological polar surface area (TPSA) is 58.6 Å². The van der Waals surface area contributed by atoms with Gasteiger partial charge in [-0.15, -0.1) is 0 Å². The Morgan fingerprint density at radius 3 is 2.42 bits per heavy atom. The Bertz CT molecular complexity index is 744. The van der Waals surface area contributed by atoms with E-state index in [4.69, 9.17) is 9.84 Å². The van der Waals surface area contributed by atoms with Gasteiger partial charge in [0, 0.05) is 12.0 Å². The van der Waals surface area contributed by atoms with E-state index in [0.29, 0.717) is 13.0 Å². The molecule has 0 aliphatic carbocycles. The number of carboxylic acid groups (broad SMARTS) is 1. The van der Waals surface area contributed by atoms with Crippen molar-refractivity contribution in [1.82, 2.24) is 5.32 Å². The molecule has 1 aliphatic heterocycles. The van der Waals surface area contributed by atoms with Gasteiger partial charge in [-0.2, -0.15) is 0 Å². The molecule has 1 atom stereocenters. The Kier molecular flexibility index (Phi) is 4.22. The van der Waals surface area contributed by atoms with Crippen molar-refractivity contribution < 1.29 is 14.6 Å². The third-order valence-corrected chi connectivity index (χ3v) is 4.44. The maximum Gasteiger partial charge on any atom is 0.405 e. The minimum atomic E-state index is -1.00. The van der Waals surface area contributed by atoms with Gasteiger partial charge in [-0.3, -0.25) is 0 Å². The molecule has 0 saturated carbocycles. The van der Waals surface area contributed by atoms with Crippen LogP contribution in [0.15, 0.2) is 42.5 Å². The molecule has 2 aromatic carbocycles. The Morgan fingerprint density at radius 1 is 1.12 bits per heavy atom. The predicted molar refractivity (Wildman–Crippen MR) is 94.6 cm³/mol. The van der Waals surface area contributed by atoms with Gasteiger partial charge in [-0.25, -0.2) is 4.79 Å². The number of ether oxygens (including phenoxy) is 1. The van der Waals surface area contributed by atoms with Crippen molar-refractivity contribution >= 4 is 6.09 Å². The number of rotatable bonds is 2. The number of hydrogen-bond donors (Lipinski definition) is 2. The lowest BCUT2D eigenvalue weighted by molar-refractivity contribution is 0.182. The fourth-order valence-corrected chi connectivity index (χ4v) is 3.03. The van der Waals surface area contributed by atoms with Crippen LogP contribution in [-0.4, -0.2) is 17.8 Å². The summed E-state index contributed by atoms with van der Waals surface area (Å²) in [6.07, 6.45) is -0.353. The van der Waals surface area contributed by atoms with E-state index in [-0.39, 0.29) is 11.5 Å². The lowest BCUT2D eigenvalue weighted by atomic mass is 9.86. The SMILES string of the molecule is CC(C)(C)c1ccc(-c2ccc3c(c2)OCCC3NC(=O)O)cc1. The Morgan fingerprint density at radius 2 is 1.79 bits per heavy atom. The van der Waals surface area contributed by atoms with Gasteiger partial charge in [0.15, 0.2) is 0 Å².